The van der Waals surface area contributed by atoms with E-state index in [4.69, 9.17) is 23.7 Å². The highest BCUT2D eigenvalue weighted by atomic mass is 32.2. The number of phenolic OH excluding ortho intramolecular Hbond substituents is 1. The van der Waals surface area contributed by atoms with E-state index in [1.807, 2.05) is 64.1 Å². The molecule has 6 rings (SSSR count). The van der Waals surface area contributed by atoms with Gasteiger partial charge in [-0.05, 0) is 140 Å². The average Bonchev–Trinajstić information content (AvgIpc) is 3.20. The molecule has 0 bridgehead atoms. The number of amides is 2. The Bertz CT molecular complexity index is 2530. The molecule has 2 aliphatic heterocycles. The van der Waals surface area contributed by atoms with Gasteiger partial charge in [-0.2, -0.15) is 8.61 Å². The molecule has 0 unspecified atom stereocenters. The lowest BCUT2D eigenvalue weighted by atomic mass is 10.1. The molecule has 2 aliphatic rings. The summed E-state index contributed by atoms with van der Waals surface area (Å²) < 4.78 is 84.5. The number of hydrogen-bond donors (Lipinski definition) is 1. The third-order valence-corrected chi connectivity index (χ3v) is 13.8. The summed E-state index contributed by atoms with van der Waals surface area (Å²) >= 11 is 0. The van der Waals surface area contributed by atoms with Gasteiger partial charge >= 0.3 is 12.2 Å². The van der Waals surface area contributed by atoms with Crippen LogP contribution in [0, 0.1) is 27.7 Å². The summed E-state index contributed by atoms with van der Waals surface area (Å²) in [5.41, 5.74) is 2.77. The Morgan fingerprint density at radius 2 is 0.862 bits per heavy atom. The van der Waals surface area contributed by atoms with Crippen molar-refractivity contribution in [3.8, 4) is 34.5 Å². The molecule has 2 heterocycles. The highest BCUT2D eigenvalue weighted by molar-refractivity contribution is 7.89. The van der Waals surface area contributed by atoms with Gasteiger partial charge in [-0.1, -0.05) is 12.1 Å². The molecule has 4 aromatic rings. The largest absolute Gasteiger partial charge is 0.508 e. The van der Waals surface area contributed by atoms with E-state index in [0.29, 0.717) is 17.2 Å². The van der Waals surface area contributed by atoms with Gasteiger partial charge in [0.15, 0.2) is 0 Å². The first-order chi connectivity index (χ1) is 30.2. The Morgan fingerprint density at radius 1 is 0.508 bits per heavy atom. The van der Waals surface area contributed by atoms with Crippen LogP contribution in [0.25, 0.3) is 0 Å². The van der Waals surface area contributed by atoms with E-state index < -0.39 is 43.4 Å². The van der Waals surface area contributed by atoms with Crippen LogP contribution in [0.3, 0.4) is 0 Å². The van der Waals surface area contributed by atoms with Gasteiger partial charge in [0.25, 0.3) is 0 Å². The number of rotatable bonds is 9. The molecule has 0 aliphatic carbocycles. The molecule has 1 N–H and O–H groups in total. The molecule has 4 aromatic carbocycles. The number of sulfonamides is 2. The smallest absolute Gasteiger partial charge is 0.410 e. The number of carbonyl (C=O) groups excluding carboxylic acids is 2. The minimum atomic E-state index is -3.97. The minimum Gasteiger partial charge on any atom is -0.508 e. The van der Waals surface area contributed by atoms with E-state index in [2.05, 4.69) is 0 Å². The van der Waals surface area contributed by atoms with Crippen LogP contribution in [0.2, 0.25) is 0 Å². The molecule has 0 radical (unpaired) electrons. The number of aryl methyl sites for hydroxylation is 4. The topological polar surface area (TPSA) is 182 Å². The highest BCUT2D eigenvalue weighted by Crippen LogP contribution is 2.37. The molecule has 16 nitrogen and oxygen atoms in total. The van der Waals surface area contributed by atoms with E-state index >= 15 is 0 Å². The number of carbonyl (C=O) groups is 2. The van der Waals surface area contributed by atoms with Gasteiger partial charge in [0.05, 0.1) is 7.11 Å². The molecule has 354 valence electrons. The van der Waals surface area contributed by atoms with Crippen molar-refractivity contribution in [2.75, 3.05) is 59.5 Å². The van der Waals surface area contributed by atoms with Gasteiger partial charge in [-0.3, -0.25) is 0 Å². The van der Waals surface area contributed by atoms with Crippen LogP contribution in [-0.4, -0.2) is 123 Å². The van der Waals surface area contributed by atoms with Crippen molar-refractivity contribution in [1.82, 2.24) is 18.4 Å². The summed E-state index contributed by atoms with van der Waals surface area (Å²) in [6, 6.07) is 20.1. The lowest BCUT2D eigenvalue weighted by Gasteiger charge is -2.35. The molecule has 2 saturated heterocycles. The Labute approximate surface area is 383 Å². The Kier molecular flexibility index (Phi) is 15.8. The summed E-state index contributed by atoms with van der Waals surface area (Å²) in [6.45, 7) is 19.9. The lowest BCUT2D eigenvalue weighted by Crippen LogP contribution is -2.51. The van der Waals surface area contributed by atoms with E-state index in [0.717, 1.165) is 22.3 Å². The summed E-state index contributed by atoms with van der Waals surface area (Å²) in [4.78, 5) is 27.5. The third kappa shape index (κ3) is 13.7. The van der Waals surface area contributed by atoms with Crippen LogP contribution >= 0.6 is 0 Å². The van der Waals surface area contributed by atoms with Crippen LogP contribution in [0.15, 0.2) is 82.6 Å². The SMILES string of the molecule is COc1ccc(Oc2cc(C)cc(C)c2)c(S(=O)(=O)N2CCN(C(=O)OC(C)(C)C)CC2)c1.Cc1cc(C)cc(Oc2ccc(O)cc2S(=O)(=O)N2CCN(C(=O)OC(C)(C)C)CC2)c1. The van der Waals surface area contributed by atoms with Crippen molar-refractivity contribution in [2.45, 2.75) is 90.2 Å². The highest BCUT2D eigenvalue weighted by Gasteiger charge is 2.36. The first-order valence-electron chi connectivity index (χ1n) is 21.2. The molecule has 0 saturated carbocycles. The van der Waals surface area contributed by atoms with Gasteiger partial charge in [0, 0.05) is 64.5 Å². The van der Waals surface area contributed by atoms with Gasteiger partial charge in [0.2, 0.25) is 20.0 Å². The summed E-state index contributed by atoms with van der Waals surface area (Å²) in [7, 11) is -6.39. The standard InChI is InChI=1S/C24H32N2O6S.C23H30N2O6S/c1-17-13-18(2)15-20(14-17)31-21-8-7-19(30-6)16-22(21)33(28,29)26-11-9-25(10-12-26)23(27)32-24(3,4)5;1-16-12-17(2)14-19(13-16)30-20-7-6-18(26)15-21(20)32(28,29)25-10-8-24(9-11-25)22(27)31-23(3,4)5/h7-8,13-16H,9-12H2,1-6H3;6-7,12-15,26H,8-11H2,1-5H3. The first kappa shape index (κ1) is 50.4. The summed E-state index contributed by atoms with van der Waals surface area (Å²) in [5.74, 6) is 1.65. The normalized spacial score (nSPS) is 15.4. The maximum atomic E-state index is 13.6. The minimum absolute atomic E-state index is 0.0201. The predicted molar refractivity (Wildman–Crippen MR) is 246 cm³/mol. The fourth-order valence-corrected chi connectivity index (χ4v) is 10.2. The van der Waals surface area contributed by atoms with Crippen LogP contribution in [0.1, 0.15) is 63.8 Å². The van der Waals surface area contributed by atoms with Gasteiger partial charge in [-0.15, -0.1) is 0 Å². The van der Waals surface area contributed by atoms with Crippen molar-refractivity contribution in [3.63, 3.8) is 0 Å². The zero-order valence-corrected chi connectivity index (χ0v) is 40.8. The zero-order chi connectivity index (χ0) is 48.1. The molecule has 0 aromatic heterocycles. The maximum Gasteiger partial charge on any atom is 0.410 e. The molecule has 0 spiro atoms. The number of hydrogen-bond acceptors (Lipinski definition) is 12. The van der Waals surface area contributed by atoms with Crippen LogP contribution in [0.4, 0.5) is 9.59 Å². The predicted octanol–water partition coefficient (Wildman–Crippen LogP) is 8.39. The number of benzene rings is 4. The number of methoxy groups -OCH3 is 1. The molecular formula is C47H62N4O12S2. The first-order valence-corrected chi connectivity index (χ1v) is 24.1. The number of piperazine rings is 2. The number of aromatic hydroxyl groups is 1. The van der Waals surface area contributed by atoms with Crippen LogP contribution < -0.4 is 14.2 Å². The Hall–Kier alpha value is -5.56. The van der Waals surface area contributed by atoms with Crippen molar-refractivity contribution in [2.24, 2.45) is 0 Å². The number of ether oxygens (including phenoxy) is 5. The number of nitrogens with zero attached hydrogens (tertiary/aromatic N) is 4. The van der Waals surface area contributed by atoms with E-state index in [9.17, 15) is 31.5 Å². The van der Waals surface area contributed by atoms with Crippen molar-refractivity contribution in [3.05, 3.63) is 95.1 Å². The summed E-state index contributed by atoms with van der Waals surface area (Å²) in [5, 5.41) is 9.97. The van der Waals surface area contributed by atoms with E-state index in [-0.39, 0.29) is 79.4 Å². The molecule has 0 atom stereocenters. The van der Waals surface area contributed by atoms with Crippen molar-refractivity contribution in [1.29, 1.82) is 0 Å². The van der Waals surface area contributed by atoms with E-state index in [1.165, 1.54) is 49.8 Å². The average molecular weight is 939 g/mol. The molecule has 2 fully saturated rings. The third-order valence-electron chi connectivity index (χ3n) is 9.94. The second-order valence-corrected chi connectivity index (χ2v) is 21.9. The molecular weight excluding hydrogens is 877 g/mol. The fraction of sp³-hybridized carbons (Fsp3) is 0.447. The second-order valence-electron chi connectivity index (χ2n) is 18.0. The Morgan fingerprint density at radius 3 is 1.22 bits per heavy atom. The zero-order valence-electron chi connectivity index (χ0n) is 39.1. The lowest BCUT2D eigenvalue weighted by molar-refractivity contribution is 0.0183. The van der Waals surface area contributed by atoms with Crippen molar-refractivity contribution < 1.29 is 55.2 Å². The summed E-state index contributed by atoms with van der Waals surface area (Å²) in [6.07, 6.45) is -0.912. The Balaban J connectivity index is 0.000000244. The van der Waals surface area contributed by atoms with E-state index in [1.54, 1.807) is 53.7 Å². The van der Waals surface area contributed by atoms with Crippen LogP contribution in [-0.2, 0) is 29.5 Å². The second kappa shape index (κ2) is 20.3. The maximum absolute atomic E-state index is 13.6. The van der Waals surface area contributed by atoms with Crippen LogP contribution in [0.5, 0.6) is 34.5 Å². The monoisotopic (exact) mass is 938 g/mol. The molecule has 65 heavy (non-hydrogen) atoms. The van der Waals surface area contributed by atoms with Crippen molar-refractivity contribution >= 4 is 32.2 Å². The molecule has 18 heteroatoms. The van der Waals surface area contributed by atoms with Gasteiger partial charge in [-0.25, -0.2) is 26.4 Å². The molecule has 2 amide bonds. The fourth-order valence-electron chi connectivity index (χ4n) is 7.07. The van der Waals surface area contributed by atoms with Gasteiger partial charge in [0.1, 0.15) is 55.5 Å². The van der Waals surface area contributed by atoms with Gasteiger partial charge < -0.3 is 38.6 Å². The number of phenols is 1. The quantitative estimate of drug-likeness (QED) is 0.170.